The van der Waals surface area contributed by atoms with Crippen molar-refractivity contribution in [3.05, 3.63) is 27.8 Å². The minimum absolute atomic E-state index is 0.000668. The van der Waals surface area contributed by atoms with Crippen molar-refractivity contribution in [2.24, 2.45) is 5.73 Å². The molecule has 0 saturated heterocycles. The lowest BCUT2D eigenvalue weighted by Gasteiger charge is -2.32. The average molecular weight is 352 g/mol. The van der Waals surface area contributed by atoms with Gasteiger partial charge in [0.05, 0.1) is 4.90 Å². The molecule has 1 fully saturated rings. The smallest absolute Gasteiger partial charge is 0.240 e. The largest absolute Gasteiger partial charge is 0.328 e. The van der Waals surface area contributed by atoms with E-state index in [0.29, 0.717) is 4.90 Å². The third kappa shape index (κ3) is 2.73. The standard InChI is InChI=1S/C10H13IN2O2S/c11-7-1-3-10(4-2-7)16(14,15)13-9-5-8(12)6-9/h1-4,8-9,13H,5-6,12H2. The molecular formula is C10H13IN2O2S. The summed E-state index contributed by atoms with van der Waals surface area (Å²) in [6.07, 6.45) is 1.45. The molecule has 0 unspecified atom stereocenters. The van der Waals surface area contributed by atoms with Crippen LogP contribution in [0.1, 0.15) is 12.8 Å². The molecule has 0 atom stereocenters. The normalized spacial score (nSPS) is 25.1. The minimum atomic E-state index is -3.37. The van der Waals surface area contributed by atoms with Crippen LogP contribution in [0.5, 0.6) is 0 Å². The molecular weight excluding hydrogens is 339 g/mol. The molecule has 1 aromatic rings. The van der Waals surface area contributed by atoms with Crippen LogP contribution in [0, 0.1) is 3.57 Å². The Morgan fingerprint density at radius 2 is 1.81 bits per heavy atom. The van der Waals surface area contributed by atoms with Gasteiger partial charge in [0.2, 0.25) is 10.0 Å². The predicted molar refractivity (Wildman–Crippen MR) is 70.5 cm³/mol. The van der Waals surface area contributed by atoms with Gasteiger partial charge < -0.3 is 5.73 Å². The fraction of sp³-hybridized carbons (Fsp3) is 0.400. The number of rotatable bonds is 3. The van der Waals surface area contributed by atoms with Gasteiger partial charge in [0, 0.05) is 15.7 Å². The van der Waals surface area contributed by atoms with Crippen LogP contribution < -0.4 is 10.5 Å². The minimum Gasteiger partial charge on any atom is -0.328 e. The van der Waals surface area contributed by atoms with Crippen LogP contribution in [-0.4, -0.2) is 20.5 Å². The number of halogens is 1. The summed E-state index contributed by atoms with van der Waals surface area (Å²) in [4.78, 5) is 0.313. The highest BCUT2D eigenvalue weighted by atomic mass is 127. The van der Waals surface area contributed by atoms with Gasteiger partial charge in [-0.1, -0.05) is 0 Å². The molecule has 16 heavy (non-hydrogen) atoms. The van der Waals surface area contributed by atoms with Gasteiger partial charge in [-0.05, 0) is 59.7 Å². The lowest BCUT2D eigenvalue weighted by atomic mass is 9.89. The summed E-state index contributed by atoms with van der Waals surface area (Å²) in [5.41, 5.74) is 5.61. The number of benzene rings is 1. The van der Waals surface area contributed by atoms with Crippen molar-refractivity contribution in [3.8, 4) is 0 Å². The maximum atomic E-state index is 11.9. The molecule has 0 heterocycles. The van der Waals surface area contributed by atoms with Gasteiger partial charge >= 0.3 is 0 Å². The first kappa shape index (κ1) is 12.3. The highest BCUT2D eigenvalue weighted by Crippen LogP contribution is 2.20. The van der Waals surface area contributed by atoms with Crippen LogP contribution in [0.2, 0.25) is 0 Å². The Morgan fingerprint density at radius 1 is 1.25 bits per heavy atom. The van der Waals surface area contributed by atoms with Gasteiger partial charge in [-0.2, -0.15) is 0 Å². The first-order chi connectivity index (χ1) is 7.47. The summed E-state index contributed by atoms with van der Waals surface area (Å²) in [5, 5.41) is 0. The Bertz CT molecular complexity index is 466. The molecule has 0 amide bonds. The van der Waals surface area contributed by atoms with E-state index >= 15 is 0 Å². The van der Waals surface area contributed by atoms with Crippen LogP contribution in [-0.2, 0) is 10.0 Å². The van der Waals surface area contributed by atoms with E-state index in [1.807, 2.05) is 0 Å². The summed E-state index contributed by atoms with van der Waals surface area (Å²) in [6, 6.07) is 6.93. The van der Waals surface area contributed by atoms with E-state index in [1.54, 1.807) is 24.3 Å². The molecule has 1 saturated carbocycles. The number of nitrogens with one attached hydrogen (secondary N) is 1. The summed E-state index contributed by atoms with van der Waals surface area (Å²) in [6.45, 7) is 0. The Kier molecular flexibility index (Phi) is 3.53. The number of sulfonamides is 1. The molecule has 0 bridgehead atoms. The number of nitrogens with two attached hydrogens (primary N) is 1. The van der Waals surface area contributed by atoms with E-state index in [-0.39, 0.29) is 12.1 Å². The van der Waals surface area contributed by atoms with E-state index in [2.05, 4.69) is 27.3 Å². The van der Waals surface area contributed by atoms with Gasteiger partial charge in [0.25, 0.3) is 0 Å². The van der Waals surface area contributed by atoms with Crippen LogP contribution in [0.4, 0.5) is 0 Å². The molecule has 0 radical (unpaired) electrons. The Hall–Kier alpha value is -0.180. The van der Waals surface area contributed by atoms with Gasteiger partial charge in [0.15, 0.2) is 0 Å². The quantitative estimate of drug-likeness (QED) is 0.799. The molecule has 0 aliphatic heterocycles. The highest BCUT2D eigenvalue weighted by molar-refractivity contribution is 14.1. The zero-order valence-electron chi connectivity index (χ0n) is 8.56. The van der Waals surface area contributed by atoms with Crippen molar-refractivity contribution in [1.82, 2.24) is 4.72 Å². The van der Waals surface area contributed by atoms with E-state index in [0.717, 1.165) is 16.4 Å². The van der Waals surface area contributed by atoms with Crippen LogP contribution in [0.25, 0.3) is 0 Å². The molecule has 1 aromatic carbocycles. The van der Waals surface area contributed by atoms with E-state index < -0.39 is 10.0 Å². The lowest BCUT2D eigenvalue weighted by Crippen LogP contribution is -2.50. The van der Waals surface area contributed by atoms with Gasteiger partial charge in [-0.15, -0.1) is 0 Å². The second kappa shape index (κ2) is 4.59. The predicted octanol–water partition coefficient (Wildman–Crippen LogP) is 1.06. The number of hydrogen-bond acceptors (Lipinski definition) is 3. The molecule has 6 heteroatoms. The fourth-order valence-corrected chi connectivity index (χ4v) is 3.28. The Labute approximate surface area is 109 Å². The molecule has 2 rings (SSSR count). The van der Waals surface area contributed by atoms with E-state index in [1.165, 1.54) is 0 Å². The topological polar surface area (TPSA) is 72.2 Å². The second-order valence-corrected chi connectivity index (χ2v) is 6.96. The summed E-state index contributed by atoms with van der Waals surface area (Å²) in [7, 11) is -3.37. The lowest BCUT2D eigenvalue weighted by molar-refractivity contribution is 0.327. The van der Waals surface area contributed by atoms with E-state index in [9.17, 15) is 8.42 Å². The molecule has 0 aromatic heterocycles. The van der Waals surface area contributed by atoms with Gasteiger partial charge in [0.1, 0.15) is 0 Å². The Balaban J connectivity index is 2.10. The molecule has 4 nitrogen and oxygen atoms in total. The molecule has 1 aliphatic carbocycles. The van der Waals surface area contributed by atoms with Gasteiger partial charge in [-0.3, -0.25) is 0 Å². The maximum absolute atomic E-state index is 11.9. The third-order valence-corrected chi connectivity index (χ3v) is 4.88. The fourth-order valence-electron chi connectivity index (χ4n) is 1.66. The molecule has 88 valence electrons. The van der Waals surface area contributed by atoms with Crippen molar-refractivity contribution in [2.75, 3.05) is 0 Å². The highest BCUT2D eigenvalue weighted by Gasteiger charge is 2.30. The van der Waals surface area contributed by atoms with Crippen LogP contribution in [0.15, 0.2) is 29.2 Å². The van der Waals surface area contributed by atoms with Crippen molar-refractivity contribution < 1.29 is 8.42 Å². The molecule has 0 spiro atoms. The first-order valence-corrected chi connectivity index (χ1v) is 7.57. The third-order valence-electron chi connectivity index (χ3n) is 2.62. The van der Waals surface area contributed by atoms with Crippen molar-refractivity contribution in [2.45, 2.75) is 29.8 Å². The zero-order valence-corrected chi connectivity index (χ0v) is 11.5. The van der Waals surface area contributed by atoms with Crippen molar-refractivity contribution in [1.29, 1.82) is 0 Å². The van der Waals surface area contributed by atoms with Crippen molar-refractivity contribution >= 4 is 32.6 Å². The summed E-state index contributed by atoms with van der Waals surface area (Å²) < 4.78 is 27.5. The second-order valence-electron chi connectivity index (χ2n) is 4.00. The maximum Gasteiger partial charge on any atom is 0.240 e. The van der Waals surface area contributed by atoms with Crippen LogP contribution in [0.3, 0.4) is 0 Å². The Morgan fingerprint density at radius 3 is 2.31 bits per heavy atom. The first-order valence-electron chi connectivity index (χ1n) is 5.01. The average Bonchev–Trinajstić information content (AvgIpc) is 2.15. The summed E-state index contributed by atoms with van der Waals surface area (Å²) >= 11 is 2.14. The van der Waals surface area contributed by atoms with E-state index in [4.69, 9.17) is 5.73 Å². The van der Waals surface area contributed by atoms with Crippen molar-refractivity contribution in [3.63, 3.8) is 0 Å². The van der Waals surface area contributed by atoms with Crippen LogP contribution >= 0.6 is 22.6 Å². The monoisotopic (exact) mass is 352 g/mol. The summed E-state index contributed by atoms with van der Waals surface area (Å²) in [5.74, 6) is 0. The van der Waals surface area contributed by atoms with Gasteiger partial charge in [-0.25, -0.2) is 13.1 Å². The SMILES string of the molecule is NC1CC(NS(=O)(=O)c2ccc(I)cc2)C1. The number of hydrogen-bond donors (Lipinski definition) is 2. The molecule has 3 N–H and O–H groups in total. The zero-order chi connectivity index (χ0) is 11.8. The molecule has 1 aliphatic rings.